The van der Waals surface area contributed by atoms with Crippen LogP contribution in [-0.2, 0) is 6.54 Å². The highest BCUT2D eigenvalue weighted by Gasteiger charge is 2.24. The van der Waals surface area contributed by atoms with Gasteiger partial charge < -0.3 is 14.7 Å². The highest BCUT2D eigenvalue weighted by molar-refractivity contribution is 5.29. The third-order valence-corrected chi connectivity index (χ3v) is 4.08. The van der Waals surface area contributed by atoms with Gasteiger partial charge in [0.25, 0.3) is 0 Å². The first-order valence-corrected chi connectivity index (χ1v) is 7.29. The Balaban J connectivity index is 1.90. The van der Waals surface area contributed by atoms with Gasteiger partial charge in [0.05, 0.1) is 13.2 Å². The van der Waals surface area contributed by atoms with Crippen molar-refractivity contribution in [3.8, 4) is 5.75 Å². The smallest absolute Gasteiger partial charge is 0.165 e. The second-order valence-corrected chi connectivity index (χ2v) is 5.78. The first kappa shape index (κ1) is 15.3. The van der Waals surface area contributed by atoms with Crippen molar-refractivity contribution in [3.63, 3.8) is 0 Å². The Morgan fingerprint density at radius 1 is 1.35 bits per heavy atom. The number of aliphatic hydroxyl groups excluding tert-OH is 1. The molecule has 2 unspecified atom stereocenters. The molecule has 1 N–H and O–H groups in total. The zero-order chi connectivity index (χ0) is 14.5. The minimum Gasteiger partial charge on any atom is -0.494 e. The van der Waals surface area contributed by atoms with E-state index in [0.29, 0.717) is 12.5 Å². The zero-order valence-electron chi connectivity index (χ0n) is 12.3. The van der Waals surface area contributed by atoms with E-state index in [9.17, 15) is 9.50 Å². The maximum absolute atomic E-state index is 13.6. The second kappa shape index (κ2) is 7.04. The number of nitrogens with zero attached hydrogens (tertiary/aromatic N) is 1. The third kappa shape index (κ3) is 3.93. The zero-order valence-corrected chi connectivity index (χ0v) is 12.3. The lowest BCUT2D eigenvalue weighted by Gasteiger charge is -2.31. The molecule has 1 aliphatic carbocycles. The molecule has 0 heterocycles. The number of halogens is 1. The molecule has 0 aliphatic heterocycles. The van der Waals surface area contributed by atoms with Gasteiger partial charge in [0, 0.05) is 13.1 Å². The lowest BCUT2D eigenvalue weighted by atomic mass is 9.86. The molecular formula is C16H24FNO2. The van der Waals surface area contributed by atoms with Crippen molar-refractivity contribution >= 4 is 0 Å². The summed E-state index contributed by atoms with van der Waals surface area (Å²) >= 11 is 0. The summed E-state index contributed by atoms with van der Waals surface area (Å²) in [4.78, 5) is 2.15. The normalized spacial score (nSPS) is 23.1. The van der Waals surface area contributed by atoms with Gasteiger partial charge in [-0.3, -0.25) is 0 Å². The van der Waals surface area contributed by atoms with Crippen LogP contribution in [0.4, 0.5) is 4.39 Å². The van der Waals surface area contributed by atoms with Gasteiger partial charge in [0.2, 0.25) is 0 Å². The van der Waals surface area contributed by atoms with E-state index in [2.05, 4.69) is 4.90 Å². The van der Waals surface area contributed by atoms with E-state index >= 15 is 0 Å². The van der Waals surface area contributed by atoms with Crippen molar-refractivity contribution in [1.82, 2.24) is 4.90 Å². The number of aliphatic hydroxyl groups is 1. The Bertz CT molecular complexity index is 438. The summed E-state index contributed by atoms with van der Waals surface area (Å²) in [6.07, 6.45) is 4.15. The number of ether oxygens (including phenoxy) is 1. The fourth-order valence-electron chi connectivity index (χ4n) is 2.99. The highest BCUT2D eigenvalue weighted by atomic mass is 19.1. The molecular weight excluding hydrogens is 257 g/mol. The van der Waals surface area contributed by atoms with E-state index in [1.54, 1.807) is 6.07 Å². The summed E-state index contributed by atoms with van der Waals surface area (Å²) in [5.74, 6) is 0.298. The molecule has 0 radical (unpaired) electrons. The lowest BCUT2D eigenvalue weighted by molar-refractivity contribution is 0.0501. The summed E-state index contributed by atoms with van der Waals surface area (Å²) in [6.45, 7) is 1.54. The van der Waals surface area contributed by atoms with Crippen molar-refractivity contribution in [2.24, 2.45) is 5.92 Å². The topological polar surface area (TPSA) is 32.7 Å². The van der Waals surface area contributed by atoms with Gasteiger partial charge in [-0.2, -0.15) is 0 Å². The highest BCUT2D eigenvalue weighted by Crippen LogP contribution is 2.25. The van der Waals surface area contributed by atoms with Crippen LogP contribution in [-0.4, -0.2) is 36.8 Å². The first-order valence-electron chi connectivity index (χ1n) is 7.29. The minimum atomic E-state index is -0.323. The van der Waals surface area contributed by atoms with E-state index in [1.165, 1.54) is 19.6 Å². The first-order chi connectivity index (χ1) is 9.60. The molecule has 2 atom stereocenters. The van der Waals surface area contributed by atoms with Crippen LogP contribution in [0.2, 0.25) is 0 Å². The van der Waals surface area contributed by atoms with Gasteiger partial charge in [-0.25, -0.2) is 4.39 Å². The van der Waals surface area contributed by atoms with Crippen LogP contribution in [0.3, 0.4) is 0 Å². The minimum absolute atomic E-state index is 0.182. The van der Waals surface area contributed by atoms with Gasteiger partial charge in [0.15, 0.2) is 11.6 Å². The van der Waals surface area contributed by atoms with E-state index in [4.69, 9.17) is 4.74 Å². The van der Waals surface area contributed by atoms with Crippen LogP contribution in [0.15, 0.2) is 18.2 Å². The molecule has 0 aromatic heterocycles. The molecule has 2 rings (SSSR count). The maximum atomic E-state index is 13.6. The van der Waals surface area contributed by atoms with E-state index in [1.807, 2.05) is 13.1 Å². The second-order valence-electron chi connectivity index (χ2n) is 5.78. The van der Waals surface area contributed by atoms with Gasteiger partial charge in [-0.15, -0.1) is 0 Å². The molecule has 0 amide bonds. The Kier molecular flexibility index (Phi) is 5.38. The summed E-state index contributed by atoms with van der Waals surface area (Å²) < 4.78 is 18.6. The molecule has 1 fully saturated rings. The number of methoxy groups -OCH3 is 1. The molecule has 0 saturated heterocycles. The number of benzene rings is 1. The molecule has 3 nitrogen and oxygen atoms in total. The summed E-state index contributed by atoms with van der Waals surface area (Å²) in [7, 11) is 3.48. The SMILES string of the molecule is COc1ccc(CN(C)CC2CCCCC2O)cc1F. The van der Waals surface area contributed by atoms with Crippen LogP contribution in [0.25, 0.3) is 0 Å². The molecule has 20 heavy (non-hydrogen) atoms. The Labute approximate surface area is 120 Å². The van der Waals surface area contributed by atoms with Crippen molar-refractivity contribution in [3.05, 3.63) is 29.6 Å². The monoisotopic (exact) mass is 281 g/mol. The molecule has 1 aromatic carbocycles. The third-order valence-electron chi connectivity index (χ3n) is 4.08. The number of hydrogen-bond donors (Lipinski definition) is 1. The molecule has 1 aromatic rings. The van der Waals surface area contributed by atoms with Gasteiger partial charge >= 0.3 is 0 Å². The quantitative estimate of drug-likeness (QED) is 0.901. The molecule has 1 saturated carbocycles. The predicted molar refractivity (Wildman–Crippen MR) is 77.3 cm³/mol. The van der Waals surface area contributed by atoms with Crippen molar-refractivity contribution < 1.29 is 14.2 Å². The van der Waals surface area contributed by atoms with Crippen LogP contribution in [0.5, 0.6) is 5.75 Å². The number of rotatable bonds is 5. The Morgan fingerprint density at radius 3 is 2.75 bits per heavy atom. The average molecular weight is 281 g/mol. The van der Waals surface area contributed by atoms with Gasteiger partial charge in [-0.05, 0) is 43.5 Å². The number of hydrogen-bond acceptors (Lipinski definition) is 3. The molecule has 112 valence electrons. The fourth-order valence-corrected chi connectivity index (χ4v) is 2.99. The van der Waals surface area contributed by atoms with Crippen LogP contribution in [0.1, 0.15) is 31.2 Å². The van der Waals surface area contributed by atoms with Gasteiger partial charge in [0.1, 0.15) is 0 Å². The molecule has 0 spiro atoms. The predicted octanol–water partition coefficient (Wildman–Crippen LogP) is 2.82. The molecule has 1 aliphatic rings. The molecule has 0 bridgehead atoms. The lowest BCUT2D eigenvalue weighted by Crippen LogP contribution is -2.34. The summed E-state index contributed by atoms with van der Waals surface area (Å²) in [5.41, 5.74) is 0.927. The van der Waals surface area contributed by atoms with Crippen LogP contribution >= 0.6 is 0 Å². The standard InChI is InChI=1S/C16H24FNO2/c1-18(11-13-5-3-4-6-15(13)19)10-12-7-8-16(20-2)14(17)9-12/h7-9,13,15,19H,3-6,10-11H2,1-2H3. The van der Waals surface area contributed by atoms with Gasteiger partial charge in [-0.1, -0.05) is 18.9 Å². The van der Waals surface area contributed by atoms with E-state index in [0.717, 1.165) is 31.4 Å². The van der Waals surface area contributed by atoms with Crippen molar-refractivity contribution in [2.75, 3.05) is 20.7 Å². The van der Waals surface area contributed by atoms with E-state index < -0.39 is 0 Å². The van der Waals surface area contributed by atoms with Crippen LogP contribution < -0.4 is 4.74 Å². The van der Waals surface area contributed by atoms with Crippen LogP contribution in [0, 0.1) is 11.7 Å². The fraction of sp³-hybridized carbons (Fsp3) is 0.625. The largest absolute Gasteiger partial charge is 0.494 e. The Morgan fingerprint density at radius 2 is 2.10 bits per heavy atom. The molecule has 4 heteroatoms. The summed E-state index contributed by atoms with van der Waals surface area (Å²) in [5, 5.41) is 9.99. The Hall–Kier alpha value is -1.13. The van der Waals surface area contributed by atoms with Crippen molar-refractivity contribution in [2.45, 2.75) is 38.3 Å². The maximum Gasteiger partial charge on any atom is 0.165 e. The van der Waals surface area contributed by atoms with Crippen molar-refractivity contribution in [1.29, 1.82) is 0 Å². The average Bonchev–Trinajstić information content (AvgIpc) is 2.41. The van der Waals surface area contributed by atoms with E-state index in [-0.39, 0.29) is 17.7 Å². The summed E-state index contributed by atoms with van der Waals surface area (Å²) in [6, 6.07) is 5.07.